The van der Waals surface area contributed by atoms with Crippen molar-refractivity contribution in [2.45, 2.75) is 26.2 Å². The predicted octanol–water partition coefficient (Wildman–Crippen LogP) is 2.37. The number of hydrogen-bond acceptors (Lipinski definition) is 3. The molecule has 0 aliphatic carbocycles. The molecule has 3 nitrogen and oxygen atoms in total. The average Bonchev–Trinajstić information content (AvgIpc) is 2.17. The molecule has 14 heavy (non-hydrogen) atoms. The maximum Gasteiger partial charge on any atom is 0.139 e. The van der Waals surface area contributed by atoms with E-state index in [9.17, 15) is 8.76 Å². The smallest absolute Gasteiger partial charge is 0.139 e. The summed E-state index contributed by atoms with van der Waals surface area (Å²) in [5.74, 6) is 0.840. The standard InChI is InChI=1S/C10H14O3S/c1-3-8(2)9-4-6-10(7-5-9)13-14(11)12/h4-8H,3H2,1-2H3,(H,11,12)/p-1. The average molecular weight is 213 g/mol. The molecule has 1 rings (SSSR count). The van der Waals surface area contributed by atoms with Crippen molar-refractivity contribution in [3.8, 4) is 5.75 Å². The Kier molecular flexibility index (Phi) is 4.10. The summed E-state index contributed by atoms with van der Waals surface area (Å²) in [6, 6.07) is 7.10. The van der Waals surface area contributed by atoms with Gasteiger partial charge in [0.1, 0.15) is 17.1 Å². The molecule has 0 saturated carbocycles. The van der Waals surface area contributed by atoms with E-state index >= 15 is 0 Å². The quantitative estimate of drug-likeness (QED) is 0.721. The third-order valence-electron chi connectivity index (χ3n) is 2.23. The Hall–Kier alpha value is -0.870. The van der Waals surface area contributed by atoms with Crippen molar-refractivity contribution in [1.29, 1.82) is 0 Å². The van der Waals surface area contributed by atoms with Gasteiger partial charge in [-0.15, -0.1) is 0 Å². The van der Waals surface area contributed by atoms with Gasteiger partial charge in [-0.3, -0.25) is 0 Å². The van der Waals surface area contributed by atoms with Crippen LogP contribution in [0, 0.1) is 0 Å². The second kappa shape index (κ2) is 5.12. The Labute approximate surface area is 86.6 Å². The maximum atomic E-state index is 10.2. The zero-order valence-corrected chi connectivity index (χ0v) is 9.04. The highest BCUT2D eigenvalue weighted by atomic mass is 32.2. The first-order valence-corrected chi connectivity index (χ1v) is 5.51. The summed E-state index contributed by atoms with van der Waals surface area (Å²) in [5, 5.41) is 0. The third kappa shape index (κ3) is 3.12. The van der Waals surface area contributed by atoms with Crippen molar-refractivity contribution in [2.75, 3.05) is 0 Å². The van der Waals surface area contributed by atoms with E-state index in [0.29, 0.717) is 11.7 Å². The van der Waals surface area contributed by atoms with Crippen molar-refractivity contribution >= 4 is 11.4 Å². The van der Waals surface area contributed by atoms with Crippen LogP contribution in [0.5, 0.6) is 5.75 Å². The van der Waals surface area contributed by atoms with Crippen LogP contribution in [0.15, 0.2) is 24.3 Å². The summed E-state index contributed by atoms with van der Waals surface area (Å²) >= 11 is -2.49. The van der Waals surface area contributed by atoms with Crippen molar-refractivity contribution in [3.05, 3.63) is 29.8 Å². The van der Waals surface area contributed by atoms with Gasteiger partial charge in [0, 0.05) is 0 Å². The van der Waals surface area contributed by atoms with Crippen LogP contribution >= 0.6 is 0 Å². The first kappa shape index (κ1) is 11.2. The Morgan fingerprint density at radius 2 is 2.00 bits per heavy atom. The molecule has 2 atom stereocenters. The zero-order chi connectivity index (χ0) is 10.6. The molecule has 1 aromatic carbocycles. The van der Waals surface area contributed by atoms with Crippen LogP contribution in [0.2, 0.25) is 0 Å². The van der Waals surface area contributed by atoms with Crippen molar-refractivity contribution in [3.63, 3.8) is 0 Å². The lowest BCUT2D eigenvalue weighted by molar-refractivity contribution is 0.440. The highest BCUT2D eigenvalue weighted by Crippen LogP contribution is 2.21. The van der Waals surface area contributed by atoms with Crippen LogP contribution in [0.25, 0.3) is 0 Å². The first-order chi connectivity index (χ1) is 6.63. The summed E-state index contributed by atoms with van der Waals surface area (Å²) < 4.78 is 24.9. The van der Waals surface area contributed by atoms with Gasteiger partial charge >= 0.3 is 0 Å². The largest absolute Gasteiger partial charge is 0.740 e. The Bertz CT molecular complexity index is 308. The number of benzene rings is 1. The normalized spacial score (nSPS) is 14.8. The van der Waals surface area contributed by atoms with E-state index in [4.69, 9.17) is 0 Å². The lowest BCUT2D eigenvalue weighted by Gasteiger charge is -2.10. The second-order valence-electron chi connectivity index (χ2n) is 3.17. The minimum atomic E-state index is -2.49. The van der Waals surface area contributed by atoms with Crippen LogP contribution < -0.4 is 4.18 Å². The molecule has 0 aromatic heterocycles. The Morgan fingerprint density at radius 3 is 2.43 bits per heavy atom. The van der Waals surface area contributed by atoms with Crippen molar-refractivity contribution in [2.24, 2.45) is 0 Å². The lowest BCUT2D eigenvalue weighted by atomic mass is 9.99. The minimum Gasteiger partial charge on any atom is -0.740 e. The molecule has 78 valence electrons. The highest BCUT2D eigenvalue weighted by molar-refractivity contribution is 7.74. The molecule has 0 aliphatic rings. The van der Waals surface area contributed by atoms with Crippen LogP contribution in [0.3, 0.4) is 0 Å². The van der Waals surface area contributed by atoms with Crippen LogP contribution in [0.4, 0.5) is 0 Å². The van der Waals surface area contributed by atoms with Gasteiger partial charge < -0.3 is 8.74 Å². The van der Waals surface area contributed by atoms with Crippen LogP contribution in [-0.4, -0.2) is 8.76 Å². The van der Waals surface area contributed by atoms with Crippen molar-refractivity contribution < 1.29 is 12.9 Å². The zero-order valence-electron chi connectivity index (χ0n) is 8.23. The highest BCUT2D eigenvalue weighted by Gasteiger charge is 2.02. The minimum absolute atomic E-state index is 0.352. The molecule has 0 radical (unpaired) electrons. The van der Waals surface area contributed by atoms with Gasteiger partial charge in [0.05, 0.1) is 0 Å². The predicted molar refractivity (Wildman–Crippen MR) is 54.7 cm³/mol. The second-order valence-corrected chi connectivity index (χ2v) is 3.74. The molecule has 4 heteroatoms. The molecule has 0 saturated heterocycles. The molecule has 0 spiro atoms. The van der Waals surface area contributed by atoms with Gasteiger partial charge in [-0.2, -0.15) is 0 Å². The van der Waals surface area contributed by atoms with E-state index in [1.54, 1.807) is 12.1 Å². The van der Waals surface area contributed by atoms with Crippen molar-refractivity contribution in [1.82, 2.24) is 0 Å². The topological polar surface area (TPSA) is 49.4 Å². The van der Waals surface area contributed by atoms with E-state index in [2.05, 4.69) is 18.0 Å². The molecule has 0 heterocycles. The summed E-state index contributed by atoms with van der Waals surface area (Å²) in [6.07, 6.45) is 1.06. The molecule has 0 amide bonds. The van der Waals surface area contributed by atoms with Gasteiger partial charge in [0.15, 0.2) is 0 Å². The fourth-order valence-electron chi connectivity index (χ4n) is 1.17. The van der Waals surface area contributed by atoms with E-state index in [1.165, 1.54) is 5.56 Å². The molecular weight excluding hydrogens is 200 g/mol. The van der Waals surface area contributed by atoms with Gasteiger partial charge in [0.25, 0.3) is 0 Å². The molecule has 1 aromatic rings. The van der Waals surface area contributed by atoms with Gasteiger partial charge in [0.2, 0.25) is 0 Å². The van der Waals surface area contributed by atoms with E-state index in [-0.39, 0.29) is 0 Å². The fraction of sp³-hybridized carbons (Fsp3) is 0.400. The molecule has 0 bridgehead atoms. The SMILES string of the molecule is CCC(C)c1ccc(OS(=O)[O-])cc1. The van der Waals surface area contributed by atoms with Gasteiger partial charge in [-0.25, -0.2) is 4.21 Å². The van der Waals surface area contributed by atoms with Gasteiger partial charge in [-0.1, -0.05) is 26.0 Å². The number of rotatable bonds is 4. The van der Waals surface area contributed by atoms with E-state index < -0.39 is 11.4 Å². The summed E-state index contributed by atoms with van der Waals surface area (Å²) in [7, 11) is 0. The Balaban J connectivity index is 2.73. The van der Waals surface area contributed by atoms with Gasteiger partial charge in [-0.05, 0) is 30.0 Å². The summed E-state index contributed by atoms with van der Waals surface area (Å²) in [4.78, 5) is 0. The van der Waals surface area contributed by atoms with Crippen LogP contribution in [0.1, 0.15) is 31.7 Å². The summed E-state index contributed by atoms with van der Waals surface area (Å²) in [6.45, 7) is 4.24. The van der Waals surface area contributed by atoms with E-state index in [1.807, 2.05) is 12.1 Å². The van der Waals surface area contributed by atoms with Crippen LogP contribution in [-0.2, 0) is 11.4 Å². The maximum absolute atomic E-state index is 10.2. The Morgan fingerprint density at radius 1 is 1.43 bits per heavy atom. The molecule has 0 aliphatic heterocycles. The monoisotopic (exact) mass is 213 g/mol. The molecule has 2 unspecified atom stereocenters. The van der Waals surface area contributed by atoms with E-state index in [0.717, 1.165) is 6.42 Å². The molecule has 0 fully saturated rings. The molecule has 0 N–H and O–H groups in total. The first-order valence-electron chi connectivity index (χ1n) is 4.51. The lowest BCUT2D eigenvalue weighted by Crippen LogP contribution is -1.98. The fourth-order valence-corrected chi connectivity index (χ4v) is 1.43. The number of hydrogen-bond donors (Lipinski definition) is 0. The summed E-state index contributed by atoms with van der Waals surface area (Å²) in [5.41, 5.74) is 1.19. The third-order valence-corrected chi connectivity index (χ3v) is 2.55. The molecular formula is C10H13O3S-.